The molecule has 4 rings (SSSR count). The van der Waals surface area contributed by atoms with Crippen LogP contribution in [0.15, 0.2) is 48.5 Å². The highest BCUT2D eigenvalue weighted by atomic mass is 35.5. The summed E-state index contributed by atoms with van der Waals surface area (Å²) in [7, 11) is 0. The van der Waals surface area contributed by atoms with Crippen LogP contribution in [0, 0.1) is 5.92 Å². The molecule has 128 valence electrons. The van der Waals surface area contributed by atoms with Crippen LogP contribution in [0.5, 0.6) is 0 Å². The van der Waals surface area contributed by atoms with E-state index in [1.165, 1.54) is 0 Å². The normalized spacial score (nSPS) is 15.4. The molecule has 25 heavy (non-hydrogen) atoms. The summed E-state index contributed by atoms with van der Waals surface area (Å²) in [5, 5.41) is 15.4. The molecule has 0 saturated carbocycles. The third-order valence-electron chi connectivity index (χ3n) is 4.70. The number of nitrogens with zero attached hydrogens (tertiary/aromatic N) is 2. The number of ether oxygens (including phenoxy) is 1. The zero-order valence-corrected chi connectivity index (χ0v) is 14.7. The summed E-state index contributed by atoms with van der Waals surface area (Å²) in [6.07, 6.45) is 2.20. The van der Waals surface area contributed by atoms with E-state index in [0.29, 0.717) is 5.92 Å². The Morgan fingerprint density at radius 1 is 0.960 bits per heavy atom. The lowest BCUT2D eigenvalue weighted by atomic mass is 10.0. The average Bonchev–Trinajstić information content (AvgIpc) is 2.68. The first-order chi connectivity index (χ1) is 12.3. The third-order valence-corrected chi connectivity index (χ3v) is 4.96. The lowest BCUT2D eigenvalue weighted by molar-refractivity contribution is 0.0699. The highest BCUT2D eigenvalue weighted by Gasteiger charge is 2.15. The molecule has 3 aromatic rings. The van der Waals surface area contributed by atoms with Crippen LogP contribution in [-0.2, 0) is 4.74 Å². The van der Waals surface area contributed by atoms with Crippen LogP contribution in [0.2, 0.25) is 5.02 Å². The van der Waals surface area contributed by atoms with Crippen molar-refractivity contribution >= 4 is 28.2 Å². The fraction of sp³-hybridized carbons (Fsp3) is 0.300. The number of rotatable bonds is 4. The van der Waals surface area contributed by atoms with Gasteiger partial charge in [-0.3, -0.25) is 0 Å². The smallest absolute Gasteiger partial charge is 0.156 e. The number of aromatic nitrogens is 2. The van der Waals surface area contributed by atoms with Crippen LogP contribution < -0.4 is 5.32 Å². The Morgan fingerprint density at radius 2 is 1.68 bits per heavy atom. The maximum atomic E-state index is 6.00. The van der Waals surface area contributed by atoms with Gasteiger partial charge in [-0.1, -0.05) is 48.0 Å². The zero-order valence-electron chi connectivity index (χ0n) is 13.9. The largest absolute Gasteiger partial charge is 0.381 e. The first-order valence-electron chi connectivity index (χ1n) is 8.64. The van der Waals surface area contributed by atoms with Gasteiger partial charge in [0.1, 0.15) is 5.69 Å². The van der Waals surface area contributed by atoms with Crippen molar-refractivity contribution in [1.29, 1.82) is 0 Å². The van der Waals surface area contributed by atoms with E-state index in [-0.39, 0.29) is 0 Å². The van der Waals surface area contributed by atoms with Crippen molar-refractivity contribution in [3.63, 3.8) is 0 Å². The van der Waals surface area contributed by atoms with Gasteiger partial charge >= 0.3 is 0 Å². The Morgan fingerprint density at radius 3 is 2.44 bits per heavy atom. The molecule has 1 aliphatic heterocycles. The highest BCUT2D eigenvalue weighted by Crippen LogP contribution is 2.30. The zero-order chi connectivity index (χ0) is 17.1. The van der Waals surface area contributed by atoms with Gasteiger partial charge in [-0.05, 0) is 30.9 Å². The summed E-state index contributed by atoms with van der Waals surface area (Å²) in [6.45, 7) is 2.62. The molecule has 1 aromatic heterocycles. The standard InChI is InChI=1S/C20H20ClN3O/c21-16-7-5-15(6-8-16)19-17-3-1-2-4-18(17)20(24-23-19)22-13-14-9-11-25-12-10-14/h1-8,14H,9-13H2,(H,22,24). The number of fused-ring (bicyclic) bond motifs is 1. The third kappa shape index (κ3) is 3.60. The van der Waals surface area contributed by atoms with Crippen molar-refractivity contribution in [3.8, 4) is 11.3 Å². The van der Waals surface area contributed by atoms with E-state index in [2.05, 4.69) is 27.6 Å². The number of halogens is 1. The minimum absolute atomic E-state index is 0.630. The van der Waals surface area contributed by atoms with Gasteiger partial charge in [-0.25, -0.2) is 0 Å². The molecule has 2 heterocycles. The molecule has 0 aliphatic carbocycles. The van der Waals surface area contributed by atoms with E-state index in [1.54, 1.807) is 0 Å². The van der Waals surface area contributed by atoms with Crippen molar-refractivity contribution in [3.05, 3.63) is 53.6 Å². The Labute approximate surface area is 152 Å². The molecule has 0 atom stereocenters. The van der Waals surface area contributed by atoms with E-state index >= 15 is 0 Å². The van der Waals surface area contributed by atoms with Gasteiger partial charge in [0.15, 0.2) is 5.82 Å². The monoisotopic (exact) mass is 353 g/mol. The van der Waals surface area contributed by atoms with Gasteiger partial charge in [-0.15, -0.1) is 10.2 Å². The minimum Gasteiger partial charge on any atom is -0.381 e. The topological polar surface area (TPSA) is 47.0 Å². The maximum absolute atomic E-state index is 6.00. The van der Waals surface area contributed by atoms with Crippen molar-refractivity contribution < 1.29 is 4.74 Å². The second-order valence-electron chi connectivity index (χ2n) is 6.39. The molecular weight excluding hydrogens is 334 g/mol. The van der Waals surface area contributed by atoms with E-state index < -0.39 is 0 Å². The van der Waals surface area contributed by atoms with Crippen molar-refractivity contribution in [2.45, 2.75) is 12.8 Å². The summed E-state index contributed by atoms with van der Waals surface area (Å²) in [6, 6.07) is 16.0. The fourth-order valence-corrected chi connectivity index (χ4v) is 3.37. The minimum atomic E-state index is 0.630. The molecule has 1 saturated heterocycles. The lowest BCUT2D eigenvalue weighted by Gasteiger charge is -2.22. The number of hydrogen-bond donors (Lipinski definition) is 1. The van der Waals surface area contributed by atoms with Crippen LogP contribution in [-0.4, -0.2) is 30.0 Å². The highest BCUT2D eigenvalue weighted by molar-refractivity contribution is 6.30. The second-order valence-corrected chi connectivity index (χ2v) is 6.82. The van der Waals surface area contributed by atoms with E-state index in [0.717, 1.165) is 65.5 Å². The molecular formula is C20H20ClN3O. The first kappa shape index (κ1) is 16.3. The molecule has 1 fully saturated rings. The van der Waals surface area contributed by atoms with Crippen LogP contribution >= 0.6 is 11.6 Å². The van der Waals surface area contributed by atoms with Crippen molar-refractivity contribution in [2.24, 2.45) is 5.92 Å². The van der Waals surface area contributed by atoms with Crippen molar-refractivity contribution in [1.82, 2.24) is 10.2 Å². The Hall–Kier alpha value is -2.17. The Balaban J connectivity index is 1.65. The van der Waals surface area contributed by atoms with Gasteiger partial charge in [0, 0.05) is 41.1 Å². The Kier molecular flexibility index (Phi) is 4.81. The van der Waals surface area contributed by atoms with Gasteiger partial charge in [0.2, 0.25) is 0 Å². The van der Waals surface area contributed by atoms with Gasteiger partial charge in [-0.2, -0.15) is 0 Å². The number of anilines is 1. The van der Waals surface area contributed by atoms with Crippen LogP contribution in [0.1, 0.15) is 12.8 Å². The number of hydrogen-bond acceptors (Lipinski definition) is 4. The molecule has 4 nitrogen and oxygen atoms in total. The second kappa shape index (κ2) is 7.38. The molecule has 1 N–H and O–H groups in total. The van der Waals surface area contributed by atoms with Crippen LogP contribution in [0.3, 0.4) is 0 Å². The molecule has 0 bridgehead atoms. The first-order valence-corrected chi connectivity index (χ1v) is 9.02. The van der Waals surface area contributed by atoms with Crippen LogP contribution in [0.4, 0.5) is 5.82 Å². The van der Waals surface area contributed by atoms with E-state index in [1.807, 2.05) is 36.4 Å². The number of nitrogens with one attached hydrogen (secondary N) is 1. The average molecular weight is 354 g/mol. The summed E-state index contributed by atoms with van der Waals surface area (Å²) in [5.74, 6) is 1.48. The van der Waals surface area contributed by atoms with Crippen molar-refractivity contribution in [2.75, 3.05) is 25.1 Å². The maximum Gasteiger partial charge on any atom is 0.156 e. The number of benzene rings is 2. The predicted octanol–water partition coefficient (Wildman–Crippen LogP) is 4.79. The summed E-state index contributed by atoms with van der Waals surface area (Å²) in [4.78, 5) is 0. The molecule has 5 heteroatoms. The van der Waals surface area contributed by atoms with E-state index in [4.69, 9.17) is 16.3 Å². The molecule has 1 aliphatic rings. The fourth-order valence-electron chi connectivity index (χ4n) is 3.25. The SMILES string of the molecule is Clc1ccc(-c2nnc(NCC3CCOCC3)c3ccccc23)cc1. The summed E-state index contributed by atoms with van der Waals surface area (Å²) < 4.78 is 5.43. The lowest BCUT2D eigenvalue weighted by Crippen LogP contribution is -2.23. The Bertz CT molecular complexity index is 860. The molecule has 0 spiro atoms. The van der Waals surface area contributed by atoms with Gasteiger partial charge in [0.05, 0.1) is 0 Å². The van der Waals surface area contributed by atoms with Crippen LogP contribution in [0.25, 0.3) is 22.0 Å². The molecule has 2 aromatic carbocycles. The van der Waals surface area contributed by atoms with Gasteiger partial charge in [0.25, 0.3) is 0 Å². The molecule has 0 radical (unpaired) electrons. The summed E-state index contributed by atoms with van der Waals surface area (Å²) >= 11 is 6.00. The van der Waals surface area contributed by atoms with Gasteiger partial charge < -0.3 is 10.1 Å². The molecule has 0 amide bonds. The summed E-state index contributed by atoms with van der Waals surface area (Å²) in [5.41, 5.74) is 1.90. The quantitative estimate of drug-likeness (QED) is 0.732. The molecule has 0 unspecified atom stereocenters. The predicted molar refractivity (Wildman–Crippen MR) is 102 cm³/mol. The van der Waals surface area contributed by atoms with E-state index in [9.17, 15) is 0 Å².